The Bertz CT molecular complexity index is 370. The van der Waals surface area contributed by atoms with E-state index in [1.807, 2.05) is 30.3 Å². The molecule has 1 aromatic carbocycles. The first-order valence-electron chi connectivity index (χ1n) is 5.88. The van der Waals surface area contributed by atoms with Crippen LogP contribution in [-0.2, 0) is 25.5 Å². The van der Waals surface area contributed by atoms with Gasteiger partial charge in [0.2, 0.25) is 0 Å². The standard InChI is InChI=1S/C14H18O4/c1-17-13(15)12(14(16)18-2)10-6-9-11-7-4-3-5-8-11/h3-5,7-8,12H,6,9-10H2,1-2H3. The van der Waals surface area contributed by atoms with Crippen molar-refractivity contribution in [3.05, 3.63) is 35.9 Å². The minimum absolute atomic E-state index is 0.439. The Kier molecular flexibility index (Phi) is 5.91. The van der Waals surface area contributed by atoms with Crippen LogP contribution in [0, 0.1) is 5.92 Å². The lowest BCUT2D eigenvalue weighted by Gasteiger charge is -2.11. The molecule has 0 atom stereocenters. The number of esters is 2. The van der Waals surface area contributed by atoms with Gasteiger partial charge < -0.3 is 9.47 Å². The van der Waals surface area contributed by atoms with Crippen molar-refractivity contribution >= 4 is 11.9 Å². The van der Waals surface area contributed by atoms with Crippen LogP contribution in [0.4, 0.5) is 0 Å². The van der Waals surface area contributed by atoms with Crippen LogP contribution in [0.15, 0.2) is 30.3 Å². The summed E-state index contributed by atoms with van der Waals surface area (Å²) < 4.78 is 9.20. The summed E-state index contributed by atoms with van der Waals surface area (Å²) in [6.45, 7) is 0. The Morgan fingerprint density at radius 1 is 1.06 bits per heavy atom. The zero-order valence-electron chi connectivity index (χ0n) is 10.7. The second-order valence-electron chi connectivity index (χ2n) is 3.98. The van der Waals surface area contributed by atoms with Gasteiger partial charge in [-0.2, -0.15) is 0 Å². The van der Waals surface area contributed by atoms with Gasteiger partial charge in [-0.3, -0.25) is 9.59 Å². The molecule has 0 saturated carbocycles. The van der Waals surface area contributed by atoms with Gasteiger partial charge in [0.1, 0.15) is 0 Å². The highest BCUT2D eigenvalue weighted by Crippen LogP contribution is 2.13. The first kappa shape index (κ1) is 14.2. The molecule has 1 aromatic rings. The highest BCUT2D eigenvalue weighted by atomic mass is 16.5. The fourth-order valence-corrected chi connectivity index (χ4v) is 1.77. The van der Waals surface area contributed by atoms with Crippen molar-refractivity contribution in [2.24, 2.45) is 5.92 Å². The van der Waals surface area contributed by atoms with E-state index in [4.69, 9.17) is 0 Å². The maximum Gasteiger partial charge on any atom is 0.320 e. The van der Waals surface area contributed by atoms with E-state index in [0.29, 0.717) is 6.42 Å². The average molecular weight is 250 g/mol. The first-order valence-corrected chi connectivity index (χ1v) is 5.88. The summed E-state index contributed by atoms with van der Waals surface area (Å²) in [4.78, 5) is 22.9. The van der Waals surface area contributed by atoms with Gasteiger partial charge in [0, 0.05) is 0 Å². The predicted octanol–water partition coefficient (Wildman–Crippen LogP) is 1.97. The van der Waals surface area contributed by atoms with Crippen molar-refractivity contribution < 1.29 is 19.1 Å². The molecule has 4 nitrogen and oxygen atoms in total. The quantitative estimate of drug-likeness (QED) is 0.572. The summed E-state index contributed by atoms with van der Waals surface area (Å²) in [5, 5.41) is 0. The van der Waals surface area contributed by atoms with E-state index in [-0.39, 0.29) is 0 Å². The van der Waals surface area contributed by atoms with Crippen LogP contribution in [-0.4, -0.2) is 26.2 Å². The number of methoxy groups -OCH3 is 2. The van der Waals surface area contributed by atoms with Gasteiger partial charge >= 0.3 is 11.9 Å². The molecule has 0 aliphatic carbocycles. The molecule has 0 saturated heterocycles. The maximum absolute atomic E-state index is 11.4. The number of aryl methyl sites for hydroxylation is 1. The van der Waals surface area contributed by atoms with Crippen molar-refractivity contribution in [2.75, 3.05) is 14.2 Å². The summed E-state index contributed by atoms with van der Waals surface area (Å²) in [5.41, 5.74) is 1.19. The highest BCUT2D eigenvalue weighted by Gasteiger charge is 2.27. The van der Waals surface area contributed by atoms with Crippen LogP contribution in [0.1, 0.15) is 18.4 Å². The summed E-state index contributed by atoms with van der Waals surface area (Å²) in [5.74, 6) is -1.88. The van der Waals surface area contributed by atoms with Crippen LogP contribution in [0.3, 0.4) is 0 Å². The molecule has 18 heavy (non-hydrogen) atoms. The van der Waals surface area contributed by atoms with Gasteiger partial charge in [-0.15, -0.1) is 0 Å². The third-order valence-electron chi connectivity index (χ3n) is 2.77. The molecule has 0 N–H and O–H groups in total. The fourth-order valence-electron chi connectivity index (χ4n) is 1.77. The van der Waals surface area contributed by atoms with Gasteiger partial charge in [-0.05, 0) is 24.8 Å². The van der Waals surface area contributed by atoms with Crippen molar-refractivity contribution in [1.82, 2.24) is 0 Å². The Hall–Kier alpha value is -1.84. The minimum atomic E-state index is -0.816. The van der Waals surface area contributed by atoms with E-state index in [0.717, 1.165) is 12.8 Å². The zero-order valence-corrected chi connectivity index (χ0v) is 10.7. The number of ether oxygens (including phenoxy) is 2. The van der Waals surface area contributed by atoms with Gasteiger partial charge in [0.25, 0.3) is 0 Å². The molecule has 0 fully saturated rings. The summed E-state index contributed by atoms with van der Waals surface area (Å²) in [6, 6.07) is 9.92. The minimum Gasteiger partial charge on any atom is -0.468 e. The summed E-state index contributed by atoms with van der Waals surface area (Å²) >= 11 is 0. The van der Waals surface area contributed by atoms with Crippen LogP contribution in [0.2, 0.25) is 0 Å². The van der Waals surface area contributed by atoms with E-state index in [2.05, 4.69) is 9.47 Å². The lowest BCUT2D eigenvalue weighted by molar-refractivity contribution is -0.159. The Morgan fingerprint density at radius 2 is 1.61 bits per heavy atom. The fraction of sp³-hybridized carbons (Fsp3) is 0.429. The van der Waals surface area contributed by atoms with Crippen molar-refractivity contribution in [1.29, 1.82) is 0 Å². The van der Waals surface area contributed by atoms with Crippen molar-refractivity contribution in [2.45, 2.75) is 19.3 Å². The third-order valence-corrected chi connectivity index (χ3v) is 2.77. The molecule has 0 unspecified atom stereocenters. The maximum atomic E-state index is 11.4. The Labute approximate surface area is 107 Å². The molecule has 0 aliphatic rings. The topological polar surface area (TPSA) is 52.6 Å². The number of hydrogen-bond acceptors (Lipinski definition) is 4. The summed E-state index contributed by atoms with van der Waals surface area (Å²) in [7, 11) is 2.55. The molecular formula is C14H18O4. The van der Waals surface area contributed by atoms with Crippen LogP contribution >= 0.6 is 0 Å². The first-order chi connectivity index (χ1) is 8.69. The highest BCUT2D eigenvalue weighted by molar-refractivity contribution is 5.94. The van der Waals surface area contributed by atoms with Gasteiger partial charge in [-0.25, -0.2) is 0 Å². The average Bonchev–Trinajstić information content (AvgIpc) is 2.43. The zero-order chi connectivity index (χ0) is 13.4. The van der Waals surface area contributed by atoms with E-state index >= 15 is 0 Å². The molecule has 0 bridgehead atoms. The lowest BCUT2D eigenvalue weighted by Crippen LogP contribution is -2.26. The third kappa shape index (κ3) is 4.20. The van der Waals surface area contributed by atoms with Crippen LogP contribution < -0.4 is 0 Å². The van der Waals surface area contributed by atoms with E-state index in [9.17, 15) is 9.59 Å². The molecule has 0 aromatic heterocycles. The number of carbonyl (C=O) groups excluding carboxylic acids is 2. The number of rotatable bonds is 6. The van der Waals surface area contributed by atoms with Gasteiger partial charge in [0.15, 0.2) is 5.92 Å². The molecule has 0 amide bonds. The Balaban J connectivity index is 2.47. The molecule has 0 radical (unpaired) electrons. The molecule has 98 valence electrons. The number of benzene rings is 1. The SMILES string of the molecule is COC(=O)C(CCCc1ccccc1)C(=O)OC. The second kappa shape index (κ2) is 7.48. The van der Waals surface area contributed by atoms with E-state index in [1.165, 1.54) is 19.8 Å². The molecule has 0 heterocycles. The summed E-state index contributed by atoms with van der Waals surface area (Å²) in [6.07, 6.45) is 2.00. The van der Waals surface area contributed by atoms with E-state index < -0.39 is 17.9 Å². The monoisotopic (exact) mass is 250 g/mol. The second-order valence-corrected chi connectivity index (χ2v) is 3.98. The molecule has 0 aliphatic heterocycles. The molecular weight excluding hydrogens is 232 g/mol. The van der Waals surface area contributed by atoms with Crippen LogP contribution in [0.25, 0.3) is 0 Å². The Morgan fingerprint density at radius 3 is 2.11 bits per heavy atom. The number of carbonyl (C=O) groups is 2. The molecule has 0 spiro atoms. The van der Waals surface area contributed by atoms with E-state index in [1.54, 1.807) is 0 Å². The molecule has 4 heteroatoms. The van der Waals surface area contributed by atoms with Crippen molar-refractivity contribution in [3.63, 3.8) is 0 Å². The normalized spacial score (nSPS) is 10.2. The molecule has 1 rings (SSSR count). The smallest absolute Gasteiger partial charge is 0.320 e. The van der Waals surface area contributed by atoms with Crippen molar-refractivity contribution in [3.8, 4) is 0 Å². The van der Waals surface area contributed by atoms with Gasteiger partial charge in [0.05, 0.1) is 14.2 Å². The lowest BCUT2D eigenvalue weighted by atomic mass is 9.99. The predicted molar refractivity (Wildman–Crippen MR) is 66.9 cm³/mol. The number of hydrogen-bond donors (Lipinski definition) is 0. The largest absolute Gasteiger partial charge is 0.468 e. The van der Waals surface area contributed by atoms with Gasteiger partial charge in [-0.1, -0.05) is 30.3 Å². The van der Waals surface area contributed by atoms with Crippen LogP contribution in [0.5, 0.6) is 0 Å².